The van der Waals surface area contributed by atoms with Crippen LogP contribution in [0.15, 0.2) is 24.3 Å². The van der Waals surface area contributed by atoms with Gasteiger partial charge in [0.15, 0.2) is 0 Å². The zero-order valence-electron chi connectivity index (χ0n) is 9.77. The van der Waals surface area contributed by atoms with Crippen molar-refractivity contribution >= 4 is 0 Å². The molecule has 3 N–H and O–H groups in total. The van der Waals surface area contributed by atoms with Crippen molar-refractivity contribution in [3.05, 3.63) is 35.6 Å². The van der Waals surface area contributed by atoms with E-state index in [9.17, 15) is 14.6 Å². The van der Waals surface area contributed by atoms with Crippen molar-refractivity contribution in [2.24, 2.45) is 0 Å². The number of ether oxygens (including phenoxy) is 1. The third-order valence-corrected chi connectivity index (χ3v) is 2.33. The van der Waals surface area contributed by atoms with Gasteiger partial charge in [0.1, 0.15) is 5.82 Å². The van der Waals surface area contributed by atoms with Crippen LogP contribution in [0.25, 0.3) is 0 Å². The lowest BCUT2D eigenvalue weighted by molar-refractivity contribution is 0.0616. The summed E-state index contributed by atoms with van der Waals surface area (Å²) in [6.45, 7) is 0.887. The zero-order chi connectivity index (χ0) is 12.7. The highest BCUT2D eigenvalue weighted by Crippen LogP contribution is 2.12. The topological polar surface area (TPSA) is 61.7 Å². The Hall–Kier alpha value is -1.01. The van der Waals surface area contributed by atoms with E-state index in [2.05, 4.69) is 5.32 Å². The highest BCUT2D eigenvalue weighted by atomic mass is 19.1. The Kier molecular flexibility index (Phi) is 6.07. The Bertz CT molecular complexity index is 318. The van der Waals surface area contributed by atoms with Crippen LogP contribution < -0.4 is 5.32 Å². The van der Waals surface area contributed by atoms with Crippen molar-refractivity contribution in [1.29, 1.82) is 0 Å². The molecule has 0 saturated carbocycles. The maximum absolute atomic E-state index is 12.6. The number of benzene rings is 1. The molecule has 5 heteroatoms. The molecule has 0 fully saturated rings. The van der Waals surface area contributed by atoms with Gasteiger partial charge in [-0.3, -0.25) is 0 Å². The lowest BCUT2D eigenvalue weighted by atomic mass is 10.1. The Labute approximate surface area is 100 Å². The van der Waals surface area contributed by atoms with Gasteiger partial charge in [0.05, 0.1) is 18.8 Å². The predicted octanol–water partition coefficient (Wildman–Crippen LogP) is 0.456. The second kappa shape index (κ2) is 7.34. The van der Waals surface area contributed by atoms with Crippen molar-refractivity contribution in [2.45, 2.75) is 12.2 Å². The number of hydrogen-bond donors (Lipinski definition) is 3. The molecule has 2 unspecified atom stereocenters. The molecule has 0 spiro atoms. The number of halogens is 1. The fraction of sp³-hybridized carbons (Fsp3) is 0.500. The van der Waals surface area contributed by atoms with Crippen LogP contribution in [0.4, 0.5) is 4.39 Å². The monoisotopic (exact) mass is 243 g/mol. The smallest absolute Gasteiger partial charge is 0.123 e. The fourth-order valence-corrected chi connectivity index (χ4v) is 1.44. The van der Waals surface area contributed by atoms with Gasteiger partial charge in [0.25, 0.3) is 0 Å². The first-order valence-electron chi connectivity index (χ1n) is 5.44. The fourth-order valence-electron chi connectivity index (χ4n) is 1.44. The number of rotatable bonds is 7. The minimum atomic E-state index is -0.717. The molecule has 0 amide bonds. The van der Waals surface area contributed by atoms with Gasteiger partial charge in [0, 0.05) is 20.2 Å². The van der Waals surface area contributed by atoms with Crippen LogP contribution in [-0.2, 0) is 4.74 Å². The summed E-state index contributed by atoms with van der Waals surface area (Å²) in [4.78, 5) is 0. The Morgan fingerprint density at radius 1 is 1.24 bits per heavy atom. The molecular formula is C12H18FNO3. The molecule has 0 aromatic heterocycles. The number of methoxy groups -OCH3 is 1. The number of aliphatic hydroxyl groups excluding tert-OH is 2. The molecule has 0 aliphatic rings. The van der Waals surface area contributed by atoms with Gasteiger partial charge >= 0.3 is 0 Å². The molecular weight excluding hydrogens is 225 g/mol. The van der Waals surface area contributed by atoms with Crippen molar-refractivity contribution in [3.63, 3.8) is 0 Å². The molecule has 0 bridgehead atoms. The molecule has 2 atom stereocenters. The lowest BCUT2D eigenvalue weighted by Gasteiger charge is -2.14. The van der Waals surface area contributed by atoms with Gasteiger partial charge in [-0.05, 0) is 17.7 Å². The number of aliphatic hydroxyl groups is 2. The molecule has 1 aromatic rings. The van der Waals surface area contributed by atoms with E-state index >= 15 is 0 Å². The summed E-state index contributed by atoms with van der Waals surface area (Å²) < 4.78 is 17.4. The van der Waals surface area contributed by atoms with Gasteiger partial charge in [-0.25, -0.2) is 4.39 Å². The summed E-state index contributed by atoms with van der Waals surface area (Å²) in [7, 11) is 1.51. The van der Waals surface area contributed by atoms with Gasteiger partial charge in [0.2, 0.25) is 0 Å². The van der Waals surface area contributed by atoms with Crippen LogP contribution >= 0.6 is 0 Å². The average Bonchev–Trinajstić information content (AvgIpc) is 2.30. The van der Waals surface area contributed by atoms with Crippen LogP contribution in [0, 0.1) is 5.82 Å². The van der Waals surface area contributed by atoms with Crippen LogP contribution in [-0.4, -0.2) is 43.1 Å². The molecule has 4 nitrogen and oxygen atoms in total. The third-order valence-electron chi connectivity index (χ3n) is 2.33. The summed E-state index contributed by atoms with van der Waals surface area (Å²) in [6, 6.07) is 5.68. The third kappa shape index (κ3) is 5.23. The van der Waals surface area contributed by atoms with Gasteiger partial charge in [-0.15, -0.1) is 0 Å². The standard InChI is InChI=1S/C12H18FNO3/c1-17-8-11(15)6-14-7-12(16)9-2-4-10(13)5-3-9/h2-5,11-12,14-16H,6-8H2,1H3. The van der Waals surface area contributed by atoms with E-state index in [1.54, 1.807) is 0 Å². The minimum Gasteiger partial charge on any atom is -0.389 e. The van der Waals surface area contributed by atoms with Gasteiger partial charge < -0.3 is 20.3 Å². The molecule has 0 heterocycles. The summed E-state index contributed by atoms with van der Waals surface area (Å²) >= 11 is 0. The SMILES string of the molecule is COCC(O)CNCC(O)c1ccc(F)cc1. The van der Waals surface area contributed by atoms with E-state index in [4.69, 9.17) is 4.74 Å². The van der Waals surface area contributed by atoms with E-state index in [0.29, 0.717) is 18.7 Å². The van der Waals surface area contributed by atoms with Crippen LogP contribution in [0.2, 0.25) is 0 Å². The van der Waals surface area contributed by atoms with Crippen molar-refractivity contribution in [1.82, 2.24) is 5.32 Å². The first kappa shape index (κ1) is 14.1. The summed E-state index contributed by atoms with van der Waals surface area (Å²) in [5, 5.41) is 22.0. The van der Waals surface area contributed by atoms with E-state index in [1.807, 2.05) is 0 Å². The molecule has 0 aliphatic heterocycles. The largest absolute Gasteiger partial charge is 0.389 e. The zero-order valence-corrected chi connectivity index (χ0v) is 9.77. The lowest BCUT2D eigenvalue weighted by Crippen LogP contribution is -2.32. The summed E-state index contributed by atoms with van der Waals surface area (Å²) in [6.07, 6.45) is -1.31. The van der Waals surface area contributed by atoms with Crippen LogP contribution in [0.3, 0.4) is 0 Å². The number of nitrogens with one attached hydrogen (secondary N) is 1. The highest BCUT2D eigenvalue weighted by molar-refractivity contribution is 5.18. The Morgan fingerprint density at radius 2 is 1.88 bits per heavy atom. The Morgan fingerprint density at radius 3 is 2.47 bits per heavy atom. The maximum atomic E-state index is 12.6. The van der Waals surface area contributed by atoms with E-state index < -0.39 is 12.2 Å². The normalized spacial score (nSPS) is 14.6. The van der Waals surface area contributed by atoms with E-state index in [0.717, 1.165) is 0 Å². The maximum Gasteiger partial charge on any atom is 0.123 e. The van der Waals surface area contributed by atoms with Crippen LogP contribution in [0.5, 0.6) is 0 Å². The second-order valence-corrected chi connectivity index (χ2v) is 3.83. The van der Waals surface area contributed by atoms with Crippen molar-refractivity contribution in [3.8, 4) is 0 Å². The average molecular weight is 243 g/mol. The van der Waals surface area contributed by atoms with Crippen LogP contribution in [0.1, 0.15) is 11.7 Å². The van der Waals surface area contributed by atoms with Crippen molar-refractivity contribution in [2.75, 3.05) is 26.8 Å². The number of hydrogen-bond acceptors (Lipinski definition) is 4. The molecule has 0 saturated heterocycles. The first-order chi connectivity index (χ1) is 8.13. The summed E-state index contributed by atoms with van der Waals surface area (Å²) in [5.41, 5.74) is 0.639. The van der Waals surface area contributed by atoms with E-state index in [1.165, 1.54) is 31.4 Å². The summed E-state index contributed by atoms with van der Waals surface area (Å²) in [5.74, 6) is -0.329. The van der Waals surface area contributed by atoms with Crippen molar-refractivity contribution < 1.29 is 19.3 Å². The second-order valence-electron chi connectivity index (χ2n) is 3.83. The molecule has 96 valence electrons. The molecule has 0 aliphatic carbocycles. The first-order valence-corrected chi connectivity index (χ1v) is 5.44. The van der Waals surface area contributed by atoms with Gasteiger partial charge in [-0.2, -0.15) is 0 Å². The molecule has 17 heavy (non-hydrogen) atoms. The highest BCUT2D eigenvalue weighted by Gasteiger charge is 2.08. The quantitative estimate of drug-likeness (QED) is 0.651. The van der Waals surface area contributed by atoms with Gasteiger partial charge in [-0.1, -0.05) is 12.1 Å². The minimum absolute atomic E-state index is 0.250. The predicted molar refractivity (Wildman–Crippen MR) is 62.1 cm³/mol. The molecule has 1 rings (SSSR count). The van der Waals surface area contributed by atoms with E-state index in [-0.39, 0.29) is 12.4 Å². The molecule has 0 radical (unpaired) electrons. The Balaban J connectivity index is 2.29. The molecule has 1 aromatic carbocycles.